The Balaban J connectivity index is 3.03. The van der Waals surface area contributed by atoms with Gasteiger partial charge < -0.3 is 0 Å². The van der Waals surface area contributed by atoms with Crippen LogP contribution >= 0.6 is 0 Å². The van der Waals surface area contributed by atoms with Gasteiger partial charge in [0.2, 0.25) is 15.9 Å². The van der Waals surface area contributed by atoms with Crippen LogP contribution in [0.4, 0.5) is 0 Å². The van der Waals surface area contributed by atoms with Crippen molar-refractivity contribution in [3.05, 3.63) is 35.9 Å². The topological polar surface area (TPSA) is 63.2 Å². The van der Waals surface area contributed by atoms with Gasteiger partial charge in [-0.15, -0.1) is 0 Å². The second-order valence-corrected chi connectivity index (χ2v) is 8.40. The van der Waals surface area contributed by atoms with Crippen LogP contribution in [0, 0.1) is 6.07 Å². The van der Waals surface area contributed by atoms with Crippen molar-refractivity contribution in [3.8, 4) is 0 Å². The monoisotopic (exact) mass is 282 g/mol. The van der Waals surface area contributed by atoms with E-state index >= 15 is 0 Å². The molecule has 0 saturated heterocycles. The number of hydrogen-bond donors (Lipinski definition) is 1. The predicted octanol–water partition coefficient (Wildman–Crippen LogP) is 2.01. The summed E-state index contributed by atoms with van der Waals surface area (Å²) in [6.45, 7) is 8.01. The first-order valence-corrected chi connectivity index (χ1v) is 7.50. The number of hydrogen-bond acceptors (Lipinski definition) is 3. The molecular formula is C14H20NO3S. The van der Waals surface area contributed by atoms with Crippen molar-refractivity contribution in [2.75, 3.05) is 0 Å². The summed E-state index contributed by atoms with van der Waals surface area (Å²) in [5.41, 5.74) is -0.215. The SMILES string of the molecule is CC(C)(C(=O)NS(=O)(=O)C(C)(C)C)c1c[c]ccc1. The highest BCUT2D eigenvalue weighted by molar-refractivity contribution is 7.91. The summed E-state index contributed by atoms with van der Waals surface area (Å²) in [6.07, 6.45) is 0. The molecule has 0 fully saturated rings. The summed E-state index contributed by atoms with van der Waals surface area (Å²) in [4.78, 5) is 12.2. The quantitative estimate of drug-likeness (QED) is 0.922. The summed E-state index contributed by atoms with van der Waals surface area (Å²) in [7, 11) is -3.70. The molecule has 0 spiro atoms. The predicted molar refractivity (Wildman–Crippen MR) is 75.1 cm³/mol. The molecule has 1 aromatic carbocycles. The summed E-state index contributed by atoms with van der Waals surface area (Å²) >= 11 is 0. The third kappa shape index (κ3) is 3.35. The molecule has 0 heterocycles. The Morgan fingerprint density at radius 2 is 1.79 bits per heavy atom. The van der Waals surface area contributed by atoms with E-state index in [2.05, 4.69) is 10.8 Å². The Bertz CT molecular complexity index is 554. The molecule has 1 amide bonds. The molecule has 0 bridgehead atoms. The average molecular weight is 282 g/mol. The van der Waals surface area contributed by atoms with Gasteiger partial charge in [-0.25, -0.2) is 8.42 Å². The van der Waals surface area contributed by atoms with Crippen molar-refractivity contribution in [3.63, 3.8) is 0 Å². The smallest absolute Gasteiger partial charge is 0.243 e. The highest BCUT2D eigenvalue weighted by Crippen LogP contribution is 2.24. The molecule has 0 atom stereocenters. The van der Waals surface area contributed by atoms with E-state index < -0.39 is 26.1 Å². The Labute approximate surface area is 115 Å². The largest absolute Gasteiger partial charge is 0.273 e. The molecule has 1 radical (unpaired) electrons. The molecule has 4 nitrogen and oxygen atoms in total. The van der Waals surface area contributed by atoms with Crippen LogP contribution in [-0.2, 0) is 20.2 Å². The van der Waals surface area contributed by atoms with Gasteiger partial charge in [-0.05, 0) is 46.2 Å². The molecule has 105 valence electrons. The van der Waals surface area contributed by atoms with Crippen LogP contribution < -0.4 is 4.72 Å². The molecule has 5 heteroatoms. The molecule has 0 aromatic heterocycles. The highest BCUT2D eigenvalue weighted by atomic mass is 32.2. The minimum Gasteiger partial charge on any atom is -0.273 e. The van der Waals surface area contributed by atoms with Gasteiger partial charge in [-0.3, -0.25) is 9.52 Å². The van der Waals surface area contributed by atoms with Gasteiger partial charge in [0.1, 0.15) is 0 Å². The van der Waals surface area contributed by atoms with Crippen LogP contribution in [0.3, 0.4) is 0 Å². The van der Waals surface area contributed by atoms with Gasteiger partial charge in [-0.1, -0.05) is 24.3 Å². The lowest BCUT2D eigenvalue weighted by molar-refractivity contribution is -0.123. The highest BCUT2D eigenvalue weighted by Gasteiger charge is 2.37. The fourth-order valence-corrected chi connectivity index (χ4v) is 2.12. The number of rotatable bonds is 3. The summed E-state index contributed by atoms with van der Waals surface area (Å²) in [6, 6.07) is 9.84. The summed E-state index contributed by atoms with van der Waals surface area (Å²) < 4.78 is 25.1. The van der Waals surface area contributed by atoms with Crippen LogP contribution in [0.15, 0.2) is 24.3 Å². The van der Waals surface area contributed by atoms with Crippen molar-refractivity contribution >= 4 is 15.9 Å². The standard InChI is InChI=1S/C14H20NO3S/c1-13(2,3)19(17,18)15-12(16)14(4,5)11-9-7-6-8-10-11/h6-7,9-10H,1-5H3,(H,15,16). The zero-order valence-electron chi connectivity index (χ0n) is 11.9. The number of benzene rings is 1. The number of sulfonamides is 1. The van der Waals surface area contributed by atoms with Crippen molar-refractivity contribution in [2.24, 2.45) is 0 Å². The van der Waals surface area contributed by atoms with Crippen LogP contribution in [0.2, 0.25) is 0 Å². The maximum atomic E-state index is 12.2. The first-order chi connectivity index (χ1) is 8.48. The number of nitrogens with one attached hydrogen (secondary N) is 1. The summed E-state index contributed by atoms with van der Waals surface area (Å²) in [5, 5.41) is 0. The van der Waals surface area contributed by atoms with Crippen molar-refractivity contribution in [1.82, 2.24) is 4.72 Å². The molecule has 0 aliphatic carbocycles. The van der Waals surface area contributed by atoms with Crippen molar-refractivity contribution < 1.29 is 13.2 Å². The van der Waals surface area contributed by atoms with Gasteiger partial charge in [-0.2, -0.15) is 0 Å². The number of carbonyl (C=O) groups is 1. The minimum absolute atomic E-state index is 0.540. The molecule has 0 aliphatic heterocycles. The lowest BCUT2D eigenvalue weighted by atomic mass is 9.84. The second-order valence-electron chi connectivity index (χ2n) is 5.96. The van der Waals surface area contributed by atoms with Crippen molar-refractivity contribution in [2.45, 2.75) is 44.8 Å². The molecule has 1 aromatic rings. The number of carbonyl (C=O) groups excluding carboxylic acids is 1. The lowest BCUT2D eigenvalue weighted by Gasteiger charge is -2.27. The van der Waals surface area contributed by atoms with E-state index in [0.717, 1.165) is 5.56 Å². The summed E-state index contributed by atoms with van der Waals surface area (Å²) in [5.74, 6) is -0.540. The van der Waals surface area contributed by atoms with Gasteiger partial charge in [0.25, 0.3) is 0 Å². The molecule has 1 N–H and O–H groups in total. The molecule has 19 heavy (non-hydrogen) atoms. The molecular weight excluding hydrogens is 262 g/mol. The molecule has 0 saturated carbocycles. The zero-order valence-corrected chi connectivity index (χ0v) is 12.8. The van der Waals surface area contributed by atoms with Crippen LogP contribution in [-0.4, -0.2) is 19.1 Å². The minimum atomic E-state index is -3.70. The molecule has 0 unspecified atom stereocenters. The van der Waals surface area contributed by atoms with Gasteiger partial charge in [0.05, 0.1) is 10.2 Å². The van der Waals surface area contributed by atoms with Gasteiger partial charge >= 0.3 is 0 Å². The Hall–Kier alpha value is -1.36. The van der Waals surface area contributed by atoms with E-state index in [1.165, 1.54) is 0 Å². The maximum Gasteiger partial charge on any atom is 0.243 e. The molecule has 1 rings (SSSR count). The first-order valence-electron chi connectivity index (χ1n) is 6.02. The van der Waals surface area contributed by atoms with E-state index in [9.17, 15) is 13.2 Å². The lowest BCUT2D eigenvalue weighted by Crippen LogP contribution is -2.48. The maximum absolute atomic E-state index is 12.2. The first kappa shape index (κ1) is 15.7. The van der Waals surface area contributed by atoms with E-state index in [0.29, 0.717) is 0 Å². The fourth-order valence-electron chi connectivity index (χ4n) is 1.32. The van der Waals surface area contributed by atoms with E-state index in [1.54, 1.807) is 58.9 Å². The zero-order chi connectivity index (χ0) is 14.9. The van der Waals surface area contributed by atoms with Gasteiger partial charge in [0.15, 0.2) is 0 Å². The Kier molecular flexibility index (Phi) is 4.10. The Morgan fingerprint density at radius 1 is 1.21 bits per heavy atom. The van der Waals surface area contributed by atoms with Gasteiger partial charge in [0, 0.05) is 0 Å². The molecule has 0 aliphatic rings. The number of amides is 1. The fraction of sp³-hybridized carbons (Fsp3) is 0.500. The van der Waals surface area contributed by atoms with E-state index in [4.69, 9.17) is 0 Å². The van der Waals surface area contributed by atoms with E-state index in [-0.39, 0.29) is 0 Å². The average Bonchev–Trinajstić information content (AvgIpc) is 2.28. The Morgan fingerprint density at radius 3 is 2.21 bits per heavy atom. The second kappa shape index (κ2) is 4.96. The van der Waals surface area contributed by atoms with Crippen LogP contribution in [0.5, 0.6) is 0 Å². The normalized spacial score (nSPS) is 13.1. The van der Waals surface area contributed by atoms with Crippen molar-refractivity contribution in [1.29, 1.82) is 0 Å². The van der Waals surface area contributed by atoms with E-state index in [1.807, 2.05) is 0 Å². The third-order valence-electron chi connectivity index (χ3n) is 3.03. The van der Waals surface area contributed by atoms with Crippen LogP contribution in [0.25, 0.3) is 0 Å². The third-order valence-corrected chi connectivity index (χ3v) is 5.10. The van der Waals surface area contributed by atoms with Crippen LogP contribution in [0.1, 0.15) is 40.2 Å².